The van der Waals surface area contributed by atoms with Crippen molar-refractivity contribution < 1.29 is 17.9 Å². The van der Waals surface area contributed by atoms with Crippen LogP contribution in [-0.2, 0) is 10.0 Å². The van der Waals surface area contributed by atoms with Crippen LogP contribution in [0.4, 0.5) is 5.69 Å². The van der Waals surface area contributed by atoms with Gasteiger partial charge in [0.1, 0.15) is 18.9 Å². The third kappa shape index (κ3) is 4.75. The SMILES string of the molecule is O=S(=O)(c1ccc(N=Cc2cn(-c3ccccc3)nc2-c2ccc3c(c2)OCCO3)cc1)N1CCCC1. The summed E-state index contributed by atoms with van der Waals surface area (Å²) in [5.41, 5.74) is 4.03. The largest absolute Gasteiger partial charge is 0.486 e. The molecule has 0 spiro atoms. The zero-order chi connectivity index (χ0) is 25.2. The molecule has 1 aromatic heterocycles. The van der Waals surface area contributed by atoms with E-state index in [1.807, 2.05) is 59.4 Å². The third-order valence-electron chi connectivity index (χ3n) is 6.47. The molecule has 0 aliphatic carbocycles. The summed E-state index contributed by atoms with van der Waals surface area (Å²) in [6.45, 7) is 2.20. The van der Waals surface area contributed by atoms with E-state index in [2.05, 4.69) is 4.99 Å². The van der Waals surface area contributed by atoms with Crippen molar-refractivity contribution in [3.8, 4) is 28.4 Å². The summed E-state index contributed by atoms with van der Waals surface area (Å²) in [6, 6.07) is 22.3. The summed E-state index contributed by atoms with van der Waals surface area (Å²) in [4.78, 5) is 4.93. The highest BCUT2D eigenvalue weighted by atomic mass is 32.2. The summed E-state index contributed by atoms with van der Waals surface area (Å²) in [6.07, 6.45) is 5.49. The molecule has 0 unspecified atom stereocenters. The Balaban J connectivity index is 1.33. The summed E-state index contributed by atoms with van der Waals surface area (Å²) in [7, 11) is -3.45. The van der Waals surface area contributed by atoms with Crippen molar-refractivity contribution >= 4 is 21.9 Å². The first-order valence-corrected chi connectivity index (χ1v) is 13.7. The molecule has 0 amide bonds. The fourth-order valence-corrected chi connectivity index (χ4v) is 6.05. The van der Waals surface area contributed by atoms with Gasteiger partial charge in [-0.15, -0.1) is 0 Å². The van der Waals surface area contributed by atoms with E-state index in [1.54, 1.807) is 34.8 Å². The number of aromatic nitrogens is 2. The van der Waals surface area contributed by atoms with Crippen molar-refractivity contribution in [2.24, 2.45) is 4.99 Å². The standard InChI is InChI=1S/C28H26N4O4S/c33-37(34,31-14-4-5-15-31)25-11-9-23(10-12-25)29-19-22-20-32(24-6-2-1-3-7-24)30-28(22)21-8-13-26-27(18-21)36-17-16-35-26/h1-3,6-13,18-20H,4-5,14-17H2. The van der Waals surface area contributed by atoms with Crippen LogP contribution in [-0.4, -0.2) is 55.0 Å². The quantitative estimate of drug-likeness (QED) is 0.344. The van der Waals surface area contributed by atoms with Crippen LogP contribution < -0.4 is 9.47 Å². The van der Waals surface area contributed by atoms with Gasteiger partial charge in [0.15, 0.2) is 11.5 Å². The maximum absolute atomic E-state index is 12.8. The van der Waals surface area contributed by atoms with Gasteiger partial charge in [0.2, 0.25) is 10.0 Å². The van der Waals surface area contributed by atoms with Gasteiger partial charge in [-0.3, -0.25) is 4.99 Å². The first kappa shape index (κ1) is 23.4. The Hall–Kier alpha value is -3.95. The van der Waals surface area contributed by atoms with Gasteiger partial charge in [-0.1, -0.05) is 18.2 Å². The lowest BCUT2D eigenvalue weighted by atomic mass is 10.1. The van der Waals surface area contributed by atoms with Crippen LogP contribution in [0.1, 0.15) is 18.4 Å². The Morgan fingerprint density at radius 3 is 2.35 bits per heavy atom. The highest BCUT2D eigenvalue weighted by Crippen LogP contribution is 2.35. The summed E-state index contributed by atoms with van der Waals surface area (Å²) in [5.74, 6) is 1.41. The Kier molecular flexibility index (Phi) is 6.23. The van der Waals surface area contributed by atoms with E-state index in [4.69, 9.17) is 14.6 Å². The van der Waals surface area contributed by atoms with Crippen LogP contribution in [0, 0.1) is 0 Å². The molecule has 37 heavy (non-hydrogen) atoms. The van der Waals surface area contributed by atoms with Crippen molar-refractivity contribution in [2.45, 2.75) is 17.7 Å². The lowest BCUT2D eigenvalue weighted by Gasteiger charge is -2.18. The zero-order valence-corrected chi connectivity index (χ0v) is 21.0. The van der Waals surface area contributed by atoms with E-state index in [0.29, 0.717) is 42.6 Å². The second-order valence-corrected chi connectivity index (χ2v) is 10.9. The Morgan fingerprint density at radius 2 is 1.59 bits per heavy atom. The molecule has 4 aromatic rings. The zero-order valence-electron chi connectivity index (χ0n) is 20.2. The first-order valence-electron chi connectivity index (χ1n) is 12.3. The Bertz CT molecular complexity index is 1540. The molecule has 0 atom stereocenters. The molecule has 3 heterocycles. The number of nitrogens with zero attached hydrogens (tertiary/aromatic N) is 4. The highest BCUT2D eigenvalue weighted by molar-refractivity contribution is 7.89. The maximum atomic E-state index is 12.8. The van der Waals surface area contributed by atoms with Gasteiger partial charge in [0.05, 0.1) is 16.3 Å². The topological polar surface area (TPSA) is 86.0 Å². The predicted molar refractivity (Wildman–Crippen MR) is 142 cm³/mol. The normalized spacial score (nSPS) is 15.9. The van der Waals surface area contributed by atoms with Crippen LogP contribution in [0.25, 0.3) is 16.9 Å². The molecule has 0 radical (unpaired) electrons. The number of sulfonamides is 1. The van der Waals surface area contributed by atoms with Gasteiger partial charge in [-0.25, -0.2) is 13.1 Å². The molecule has 0 bridgehead atoms. The number of hydrogen-bond acceptors (Lipinski definition) is 6. The van der Waals surface area contributed by atoms with Crippen molar-refractivity contribution in [2.75, 3.05) is 26.3 Å². The maximum Gasteiger partial charge on any atom is 0.243 e. The summed E-state index contributed by atoms with van der Waals surface area (Å²) < 4.78 is 40.5. The van der Waals surface area contributed by atoms with Crippen molar-refractivity contribution in [3.05, 3.63) is 84.6 Å². The fraction of sp³-hybridized carbons (Fsp3) is 0.214. The summed E-state index contributed by atoms with van der Waals surface area (Å²) >= 11 is 0. The molecule has 3 aromatic carbocycles. The molecular weight excluding hydrogens is 488 g/mol. The van der Waals surface area contributed by atoms with Crippen molar-refractivity contribution in [1.82, 2.24) is 14.1 Å². The number of rotatable bonds is 6. The molecule has 188 valence electrons. The van der Waals surface area contributed by atoms with Gasteiger partial charge >= 0.3 is 0 Å². The minimum atomic E-state index is -3.45. The Labute approximate surface area is 215 Å². The van der Waals surface area contributed by atoms with E-state index < -0.39 is 10.0 Å². The predicted octanol–water partition coefficient (Wildman–Crippen LogP) is 4.85. The fourth-order valence-electron chi connectivity index (χ4n) is 4.54. The van der Waals surface area contributed by atoms with E-state index in [-0.39, 0.29) is 0 Å². The monoisotopic (exact) mass is 514 g/mol. The van der Waals surface area contributed by atoms with Crippen molar-refractivity contribution in [1.29, 1.82) is 0 Å². The van der Waals surface area contributed by atoms with Crippen molar-refractivity contribution in [3.63, 3.8) is 0 Å². The number of ether oxygens (including phenoxy) is 2. The molecule has 1 fully saturated rings. The number of para-hydroxylation sites is 1. The van der Waals surface area contributed by atoms with Gasteiger partial charge in [-0.2, -0.15) is 9.40 Å². The molecule has 6 rings (SSSR count). The molecule has 8 nitrogen and oxygen atoms in total. The third-order valence-corrected chi connectivity index (χ3v) is 8.38. The highest BCUT2D eigenvalue weighted by Gasteiger charge is 2.26. The number of aliphatic imine (C=N–C) groups is 1. The number of benzene rings is 3. The summed E-state index contributed by atoms with van der Waals surface area (Å²) in [5, 5.41) is 4.85. The van der Waals surface area contributed by atoms with Gasteiger partial charge in [0, 0.05) is 36.6 Å². The van der Waals surface area contributed by atoms with Crippen LogP contribution in [0.15, 0.2) is 88.9 Å². The van der Waals surface area contributed by atoms with Crippen LogP contribution in [0.5, 0.6) is 11.5 Å². The molecule has 2 aliphatic heterocycles. The Morgan fingerprint density at radius 1 is 0.865 bits per heavy atom. The average Bonchev–Trinajstić information content (AvgIpc) is 3.64. The van der Waals surface area contributed by atoms with Crippen LogP contribution >= 0.6 is 0 Å². The van der Waals surface area contributed by atoms with E-state index in [9.17, 15) is 8.42 Å². The van der Waals surface area contributed by atoms with E-state index >= 15 is 0 Å². The lowest BCUT2D eigenvalue weighted by Crippen LogP contribution is -2.27. The van der Waals surface area contributed by atoms with Crippen LogP contribution in [0.3, 0.4) is 0 Å². The molecule has 2 aliphatic rings. The minimum Gasteiger partial charge on any atom is -0.486 e. The smallest absolute Gasteiger partial charge is 0.243 e. The molecule has 9 heteroatoms. The lowest BCUT2D eigenvalue weighted by molar-refractivity contribution is 0.171. The average molecular weight is 515 g/mol. The number of fused-ring (bicyclic) bond motifs is 1. The first-order chi connectivity index (χ1) is 18.1. The second kappa shape index (κ2) is 9.84. The molecule has 0 saturated carbocycles. The number of hydrogen-bond donors (Lipinski definition) is 0. The second-order valence-electron chi connectivity index (χ2n) is 8.93. The van der Waals surface area contributed by atoms with Gasteiger partial charge in [0.25, 0.3) is 0 Å². The van der Waals surface area contributed by atoms with Crippen LogP contribution in [0.2, 0.25) is 0 Å². The van der Waals surface area contributed by atoms with Gasteiger partial charge < -0.3 is 9.47 Å². The molecule has 0 N–H and O–H groups in total. The minimum absolute atomic E-state index is 0.294. The van der Waals surface area contributed by atoms with E-state index in [1.165, 1.54) is 0 Å². The molecule has 1 saturated heterocycles. The van der Waals surface area contributed by atoms with E-state index in [0.717, 1.165) is 41.1 Å². The molecular formula is C28H26N4O4S. The van der Waals surface area contributed by atoms with Gasteiger partial charge in [-0.05, 0) is 67.4 Å².